The Morgan fingerprint density at radius 2 is 1.66 bits per heavy atom. The number of rotatable bonds is 3. The molecule has 1 aliphatic rings. The zero-order chi connectivity index (χ0) is 25.7. The van der Waals surface area contributed by atoms with E-state index in [-0.39, 0.29) is 22.4 Å². The highest BCUT2D eigenvalue weighted by molar-refractivity contribution is 6.51. The Kier molecular flexibility index (Phi) is 6.09. The van der Waals surface area contributed by atoms with Crippen LogP contribution in [0.3, 0.4) is 0 Å². The molecule has 35 heavy (non-hydrogen) atoms. The summed E-state index contributed by atoms with van der Waals surface area (Å²) in [6, 6.07) is 14.2. The van der Waals surface area contributed by atoms with Gasteiger partial charge in [-0.3, -0.25) is 14.5 Å². The molecule has 4 rings (SSSR count). The van der Waals surface area contributed by atoms with Gasteiger partial charge in [0.2, 0.25) is 0 Å². The van der Waals surface area contributed by atoms with E-state index in [1.807, 2.05) is 45.9 Å². The van der Waals surface area contributed by atoms with E-state index in [9.17, 15) is 23.5 Å². The van der Waals surface area contributed by atoms with E-state index in [0.29, 0.717) is 16.7 Å². The SMILES string of the molecule is Cc1cccc(C2/C(=C(\O)c3cc(C(C)(C)C)ccc3C)C(=O)C(=O)N2c2cc(F)ccc2F)c1. The molecule has 1 fully saturated rings. The fourth-order valence-electron chi connectivity index (χ4n) is 4.40. The number of anilines is 1. The first kappa shape index (κ1) is 24.3. The van der Waals surface area contributed by atoms with Crippen LogP contribution in [0.2, 0.25) is 0 Å². The molecule has 0 radical (unpaired) electrons. The highest BCUT2D eigenvalue weighted by Crippen LogP contribution is 2.44. The number of hydrogen-bond acceptors (Lipinski definition) is 3. The number of carbonyl (C=O) groups is 2. The predicted molar refractivity (Wildman–Crippen MR) is 132 cm³/mol. The summed E-state index contributed by atoms with van der Waals surface area (Å²) in [6.45, 7) is 9.72. The molecule has 1 heterocycles. The van der Waals surface area contributed by atoms with Crippen LogP contribution in [-0.2, 0) is 15.0 Å². The van der Waals surface area contributed by atoms with Crippen molar-refractivity contribution in [1.29, 1.82) is 0 Å². The van der Waals surface area contributed by atoms with Crippen LogP contribution in [0.4, 0.5) is 14.5 Å². The lowest BCUT2D eigenvalue weighted by Gasteiger charge is -2.26. The van der Waals surface area contributed by atoms with Crippen LogP contribution in [0, 0.1) is 25.5 Å². The monoisotopic (exact) mass is 475 g/mol. The van der Waals surface area contributed by atoms with Crippen LogP contribution in [0.5, 0.6) is 0 Å². The van der Waals surface area contributed by atoms with E-state index in [2.05, 4.69) is 0 Å². The van der Waals surface area contributed by atoms with Gasteiger partial charge in [-0.1, -0.05) is 62.7 Å². The Morgan fingerprint density at radius 1 is 0.943 bits per heavy atom. The van der Waals surface area contributed by atoms with Crippen LogP contribution in [0.15, 0.2) is 66.2 Å². The Bertz CT molecular complexity index is 1380. The van der Waals surface area contributed by atoms with Gasteiger partial charge < -0.3 is 5.11 Å². The number of hydrogen-bond donors (Lipinski definition) is 1. The molecule has 180 valence electrons. The fraction of sp³-hybridized carbons (Fsp3) is 0.241. The summed E-state index contributed by atoms with van der Waals surface area (Å²) in [6.07, 6.45) is 0. The summed E-state index contributed by atoms with van der Waals surface area (Å²) >= 11 is 0. The van der Waals surface area contributed by atoms with E-state index in [4.69, 9.17) is 0 Å². The van der Waals surface area contributed by atoms with Crippen molar-refractivity contribution in [3.05, 3.63) is 106 Å². The van der Waals surface area contributed by atoms with Crippen LogP contribution >= 0.6 is 0 Å². The Morgan fingerprint density at radius 3 is 2.31 bits per heavy atom. The molecular formula is C29H27F2NO3. The molecule has 0 saturated carbocycles. The number of carbonyl (C=O) groups excluding carboxylic acids is 2. The number of aliphatic hydroxyl groups is 1. The number of aryl methyl sites for hydroxylation is 2. The minimum atomic E-state index is -1.14. The molecule has 3 aromatic rings. The normalized spacial score (nSPS) is 17.8. The van der Waals surface area contributed by atoms with Gasteiger partial charge in [0.1, 0.15) is 17.4 Å². The second-order valence-corrected chi connectivity index (χ2v) is 9.96. The Hall–Kier alpha value is -3.80. The predicted octanol–water partition coefficient (Wildman–Crippen LogP) is 6.51. The van der Waals surface area contributed by atoms with Crippen LogP contribution in [0.1, 0.15) is 54.6 Å². The maximum atomic E-state index is 14.8. The highest BCUT2D eigenvalue weighted by Gasteiger charge is 2.48. The molecule has 1 N–H and O–H groups in total. The number of halogens is 2. The maximum Gasteiger partial charge on any atom is 0.300 e. The first-order chi connectivity index (χ1) is 16.4. The van der Waals surface area contributed by atoms with Crippen molar-refractivity contribution in [2.24, 2.45) is 0 Å². The summed E-state index contributed by atoms with van der Waals surface area (Å²) in [4.78, 5) is 27.5. The summed E-state index contributed by atoms with van der Waals surface area (Å²) in [5, 5.41) is 11.5. The van der Waals surface area contributed by atoms with Gasteiger partial charge in [-0.25, -0.2) is 8.78 Å². The maximum absolute atomic E-state index is 14.8. The van der Waals surface area contributed by atoms with E-state index < -0.39 is 29.4 Å². The zero-order valence-corrected chi connectivity index (χ0v) is 20.3. The van der Waals surface area contributed by atoms with Gasteiger partial charge in [0.25, 0.3) is 11.7 Å². The van der Waals surface area contributed by atoms with Crippen molar-refractivity contribution in [2.75, 3.05) is 4.90 Å². The molecule has 6 heteroatoms. The number of ketones is 1. The molecule has 1 aliphatic heterocycles. The summed E-state index contributed by atoms with van der Waals surface area (Å²) in [5.41, 5.74) is 2.64. The molecule has 0 bridgehead atoms. The number of amides is 1. The third-order valence-corrected chi connectivity index (χ3v) is 6.33. The van der Waals surface area contributed by atoms with E-state index in [0.717, 1.165) is 34.2 Å². The third-order valence-electron chi connectivity index (χ3n) is 6.33. The van der Waals surface area contributed by atoms with Crippen molar-refractivity contribution >= 4 is 23.1 Å². The van der Waals surface area contributed by atoms with Gasteiger partial charge in [0, 0.05) is 11.6 Å². The van der Waals surface area contributed by atoms with E-state index >= 15 is 0 Å². The molecule has 0 aromatic heterocycles. The van der Waals surface area contributed by atoms with Gasteiger partial charge in [0.05, 0.1) is 17.3 Å². The first-order valence-electron chi connectivity index (χ1n) is 11.3. The van der Waals surface area contributed by atoms with Crippen molar-refractivity contribution in [2.45, 2.75) is 46.1 Å². The van der Waals surface area contributed by atoms with Gasteiger partial charge in [0.15, 0.2) is 0 Å². The van der Waals surface area contributed by atoms with Crippen molar-refractivity contribution in [3.63, 3.8) is 0 Å². The quantitative estimate of drug-likeness (QED) is 0.267. The fourth-order valence-corrected chi connectivity index (χ4v) is 4.40. The average molecular weight is 476 g/mol. The van der Waals surface area contributed by atoms with E-state index in [1.54, 1.807) is 31.2 Å². The molecular weight excluding hydrogens is 448 g/mol. The molecule has 0 spiro atoms. The van der Waals surface area contributed by atoms with Crippen LogP contribution in [-0.4, -0.2) is 16.8 Å². The van der Waals surface area contributed by atoms with Crippen LogP contribution < -0.4 is 4.90 Å². The molecule has 4 nitrogen and oxygen atoms in total. The molecule has 1 saturated heterocycles. The smallest absolute Gasteiger partial charge is 0.300 e. The molecule has 1 amide bonds. The van der Waals surface area contributed by atoms with Crippen LogP contribution in [0.25, 0.3) is 5.76 Å². The molecule has 0 aliphatic carbocycles. The standard InChI is InChI=1S/C29H27F2NO3/c1-16-7-6-8-18(13-16)25-24(26(33)21-14-19(29(3,4)5)10-9-17(21)2)27(34)28(35)32(25)23-15-20(30)11-12-22(23)31/h6-15,25,33H,1-5H3/b26-24+. The Labute approximate surface area is 203 Å². The van der Waals surface area contributed by atoms with Gasteiger partial charge >= 0.3 is 0 Å². The first-order valence-corrected chi connectivity index (χ1v) is 11.3. The van der Waals surface area contributed by atoms with Gasteiger partial charge in [-0.15, -0.1) is 0 Å². The van der Waals surface area contributed by atoms with Crippen molar-refractivity contribution in [1.82, 2.24) is 0 Å². The van der Waals surface area contributed by atoms with Gasteiger partial charge in [-0.2, -0.15) is 0 Å². The molecule has 1 unspecified atom stereocenters. The number of nitrogens with zero attached hydrogens (tertiary/aromatic N) is 1. The largest absolute Gasteiger partial charge is 0.507 e. The lowest BCUT2D eigenvalue weighted by atomic mass is 9.84. The highest BCUT2D eigenvalue weighted by atomic mass is 19.1. The minimum Gasteiger partial charge on any atom is -0.507 e. The molecule has 3 aromatic carbocycles. The summed E-state index contributed by atoms with van der Waals surface area (Å²) in [5.74, 6) is -3.94. The average Bonchev–Trinajstić information content (AvgIpc) is 3.05. The topological polar surface area (TPSA) is 57.6 Å². The lowest BCUT2D eigenvalue weighted by molar-refractivity contribution is -0.132. The summed E-state index contributed by atoms with van der Waals surface area (Å²) in [7, 11) is 0. The van der Waals surface area contributed by atoms with E-state index in [1.165, 1.54) is 0 Å². The number of benzene rings is 3. The lowest BCUT2D eigenvalue weighted by Crippen LogP contribution is -2.30. The third kappa shape index (κ3) is 4.36. The molecule has 1 atom stereocenters. The second kappa shape index (κ2) is 8.77. The van der Waals surface area contributed by atoms with Crippen molar-refractivity contribution < 1.29 is 23.5 Å². The number of Topliss-reactive ketones (excluding diaryl/α,β-unsaturated/α-hetero) is 1. The Balaban J connectivity index is 2.02. The van der Waals surface area contributed by atoms with Crippen molar-refractivity contribution in [3.8, 4) is 0 Å². The number of aliphatic hydroxyl groups excluding tert-OH is 1. The minimum absolute atomic E-state index is 0.168. The van der Waals surface area contributed by atoms with Gasteiger partial charge in [-0.05, 0) is 54.2 Å². The zero-order valence-electron chi connectivity index (χ0n) is 20.3. The summed E-state index contributed by atoms with van der Waals surface area (Å²) < 4.78 is 28.9. The second-order valence-electron chi connectivity index (χ2n) is 9.96.